The maximum atomic E-state index is 5.54. The topological polar surface area (TPSA) is 58.3 Å². The lowest BCUT2D eigenvalue weighted by molar-refractivity contribution is 0.286. The smallest absolute Gasteiger partial charge is 0.132 e. The van der Waals surface area contributed by atoms with Crippen molar-refractivity contribution in [2.24, 2.45) is 5.73 Å². The van der Waals surface area contributed by atoms with Gasteiger partial charge in [-0.15, -0.1) is 0 Å². The van der Waals surface area contributed by atoms with E-state index in [-0.39, 0.29) is 0 Å². The SMILES string of the molecule is Cc1nccc(N2CCCN(CCCCCN)CC2)n1. The number of hydrogen-bond acceptors (Lipinski definition) is 5. The summed E-state index contributed by atoms with van der Waals surface area (Å²) in [5.74, 6) is 1.92. The molecule has 1 aliphatic rings. The van der Waals surface area contributed by atoms with Gasteiger partial charge in [0.15, 0.2) is 0 Å². The Labute approximate surface area is 122 Å². The second-order valence-electron chi connectivity index (χ2n) is 5.49. The van der Waals surface area contributed by atoms with Crippen molar-refractivity contribution >= 4 is 5.82 Å². The van der Waals surface area contributed by atoms with Crippen LogP contribution in [0.25, 0.3) is 0 Å². The highest BCUT2D eigenvalue weighted by molar-refractivity contribution is 5.37. The molecule has 2 heterocycles. The molecule has 2 N–H and O–H groups in total. The second kappa shape index (κ2) is 8.17. The number of unbranched alkanes of at least 4 members (excludes halogenated alkanes) is 2. The summed E-state index contributed by atoms with van der Waals surface area (Å²) in [6, 6.07) is 2.02. The minimum Gasteiger partial charge on any atom is -0.355 e. The van der Waals surface area contributed by atoms with Crippen LogP contribution in [-0.4, -0.2) is 54.1 Å². The van der Waals surface area contributed by atoms with Gasteiger partial charge in [0, 0.05) is 25.8 Å². The van der Waals surface area contributed by atoms with Gasteiger partial charge in [-0.3, -0.25) is 0 Å². The van der Waals surface area contributed by atoms with E-state index in [2.05, 4.69) is 19.8 Å². The Balaban J connectivity index is 1.80. The number of rotatable bonds is 6. The molecular weight excluding hydrogens is 250 g/mol. The Hall–Kier alpha value is -1.20. The molecule has 0 aromatic carbocycles. The lowest BCUT2D eigenvalue weighted by Gasteiger charge is -2.22. The van der Waals surface area contributed by atoms with Crippen LogP contribution in [0, 0.1) is 6.92 Å². The van der Waals surface area contributed by atoms with Crippen molar-refractivity contribution in [2.45, 2.75) is 32.6 Å². The molecule has 5 nitrogen and oxygen atoms in total. The van der Waals surface area contributed by atoms with Crippen molar-refractivity contribution < 1.29 is 0 Å². The Morgan fingerprint density at radius 1 is 1.15 bits per heavy atom. The molecule has 112 valence electrons. The predicted molar refractivity (Wildman–Crippen MR) is 82.9 cm³/mol. The molecule has 0 bridgehead atoms. The lowest BCUT2D eigenvalue weighted by atomic mass is 10.2. The van der Waals surface area contributed by atoms with E-state index in [9.17, 15) is 0 Å². The molecular formula is C15H27N5. The van der Waals surface area contributed by atoms with Crippen molar-refractivity contribution in [3.8, 4) is 0 Å². The summed E-state index contributed by atoms with van der Waals surface area (Å²) in [4.78, 5) is 13.7. The molecule has 0 saturated carbocycles. The van der Waals surface area contributed by atoms with Crippen molar-refractivity contribution in [2.75, 3.05) is 44.2 Å². The highest BCUT2D eigenvalue weighted by Gasteiger charge is 2.15. The summed E-state index contributed by atoms with van der Waals surface area (Å²) in [7, 11) is 0. The maximum Gasteiger partial charge on any atom is 0.132 e. The van der Waals surface area contributed by atoms with Gasteiger partial charge in [0.05, 0.1) is 0 Å². The second-order valence-corrected chi connectivity index (χ2v) is 5.49. The van der Waals surface area contributed by atoms with Crippen LogP contribution >= 0.6 is 0 Å². The standard InChI is InChI=1S/C15H27N5/c1-14-17-8-6-15(18-14)20-11-5-10-19(12-13-20)9-4-2-3-7-16/h6,8H,2-5,7,9-13,16H2,1H3. The first kappa shape index (κ1) is 15.2. The molecule has 1 saturated heterocycles. The van der Waals surface area contributed by atoms with E-state index >= 15 is 0 Å². The van der Waals surface area contributed by atoms with E-state index in [1.807, 2.05) is 19.2 Å². The van der Waals surface area contributed by atoms with Gasteiger partial charge in [0.1, 0.15) is 11.6 Å². The van der Waals surface area contributed by atoms with E-state index in [4.69, 9.17) is 5.73 Å². The van der Waals surface area contributed by atoms with E-state index in [0.717, 1.165) is 44.2 Å². The van der Waals surface area contributed by atoms with E-state index in [1.165, 1.54) is 32.4 Å². The normalized spacial score (nSPS) is 17.2. The molecule has 0 spiro atoms. The molecule has 0 unspecified atom stereocenters. The van der Waals surface area contributed by atoms with Gasteiger partial charge >= 0.3 is 0 Å². The number of nitrogens with zero attached hydrogens (tertiary/aromatic N) is 4. The highest BCUT2D eigenvalue weighted by atomic mass is 15.2. The van der Waals surface area contributed by atoms with Crippen LogP contribution in [0.5, 0.6) is 0 Å². The van der Waals surface area contributed by atoms with Crippen molar-refractivity contribution in [3.63, 3.8) is 0 Å². The number of nitrogens with two attached hydrogens (primary N) is 1. The number of hydrogen-bond donors (Lipinski definition) is 1. The Morgan fingerprint density at radius 2 is 2.05 bits per heavy atom. The van der Waals surface area contributed by atoms with Crippen LogP contribution < -0.4 is 10.6 Å². The van der Waals surface area contributed by atoms with Gasteiger partial charge in [-0.05, 0) is 51.9 Å². The van der Waals surface area contributed by atoms with E-state index in [1.54, 1.807) is 0 Å². The summed E-state index contributed by atoms with van der Waals surface area (Å²) >= 11 is 0. The van der Waals surface area contributed by atoms with Crippen molar-refractivity contribution in [3.05, 3.63) is 18.1 Å². The zero-order valence-electron chi connectivity index (χ0n) is 12.6. The van der Waals surface area contributed by atoms with Crippen LogP contribution in [0.15, 0.2) is 12.3 Å². The Kier molecular flexibility index (Phi) is 6.21. The first-order chi connectivity index (χ1) is 9.79. The van der Waals surface area contributed by atoms with Crippen molar-refractivity contribution in [1.82, 2.24) is 14.9 Å². The third-order valence-electron chi connectivity index (χ3n) is 3.85. The van der Waals surface area contributed by atoms with Crippen LogP contribution in [0.1, 0.15) is 31.5 Å². The molecule has 20 heavy (non-hydrogen) atoms. The average molecular weight is 277 g/mol. The molecule has 1 aliphatic heterocycles. The first-order valence-electron chi connectivity index (χ1n) is 7.76. The molecule has 2 rings (SSSR count). The third-order valence-corrected chi connectivity index (χ3v) is 3.85. The molecule has 1 aromatic heterocycles. The van der Waals surface area contributed by atoms with Crippen LogP contribution in [0.3, 0.4) is 0 Å². The van der Waals surface area contributed by atoms with Gasteiger partial charge in [-0.2, -0.15) is 0 Å². The van der Waals surface area contributed by atoms with Gasteiger partial charge in [0.25, 0.3) is 0 Å². The Bertz CT molecular complexity index is 396. The van der Waals surface area contributed by atoms with Crippen LogP contribution in [0.4, 0.5) is 5.82 Å². The van der Waals surface area contributed by atoms with Crippen LogP contribution in [-0.2, 0) is 0 Å². The zero-order chi connectivity index (χ0) is 14.2. The number of aryl methyl sites for hydroxylation is 1. The number of aromatic nitrogens is 2. The largest absolute Gasteiger partial charge is 0.355 e. The molecule has 5 heteroatoms. The molecule has 0 atom stereocenters. The minimum absolute atomic E-state index is 0.820. The fraction of sp³-hybridized carbons (Fsp3) is 0.733. The quantitative estimate of drug-likeness (QED) is 0.797. The number of anilines is 1. The summed E-state index contributed by atoms with van der Waals surface area (Å²) in [5, 5.41) is 0. The van der Waals surface area contributed by atoms with Crippen molar-refractivity contribution in [1.29, 1.82) is 0 Å². The molecule has 0 radical (unpaired) electrons. The molecule has 0 amide bonds. The summed E-state index contributed by atoms with van der Waals surface area (Å²) in [6.07, 6.45) is 6.74. The Morgan fingerprint density at radius 3 is 2.85 bits per heavy atom. The minimum atomic E-state index is 0.820. The van der Waals surface area contributed by atoms with Gasteiger partial charge in [-0.25, -0.2) is 9.97 Å². The average Bonchev–Trinajstić information content (AvgIpc) is 2.69. The molecule has 1 fully saturated rings. The molecule has 1 aromatic rings. The van der Waals surface area contributed by atoms with Gasteiger partial charge in [-0.1, -0.05) is 6.42 Å². The fourth-order valence-electron chi connectivity index (χ4n) is 2.70. The van der Waals surface area contributed by atoms with E-state index in [0.29, 0.717) is 0 Å². The predicted octanol–water partition coefficient (Wildman–Crippen LogP) is 1.43. The van der Waals surface area contributed by atoms with E-state index < -0.39 is 0 Å². The maximum absolute atomic E-state index is 5.54. The lowest BCUT2D eigenvalue weighted by Crippen LogP contribution is -2.31. The van der Waals surface area contributed by atoms with Gasteiger partial charge < -0.3 is 15.5 Å². The zero-order valence-corrected chi connectivity index (χ0v) is 12.6. The summed E-state index contributed by atoms with van der Waals surface area (Å²) in [5.41, 5.74) is 5.54. The summed E-state index contributed by atoms with van der Waals surface area (Å²) < 4.78 is 0. The third kappa shape index (κ3) is 4.72. The fourth-order valence-corrected chi connectivity index (χ4v) is 2.70. The van der Waals surface area contributed by atoms with Crippen LogP contribution in [0.2, 0.25) is 0 Å². The summed E-state index contributed by atoms with van der Waals surface area (Å²) in [6.45, 7) is 8.46. The first-order valence-corrected chi connectivity index (χ1v) is 7.76. The monoisotopic (exact) mass is 277 g/mol. The van der Waals surface area contributed by atoms with Gasteiger partial charge in [0.2, 0.25) is 0 Å². The highest BCUT2D eigenvalue weighted by Crippen LogP contribution is 2.13. The molecule has 0 aliphatic carbocycles.